The summed E-state index contributed by atoms with van der Waals surface area (Å²) in [6, 6.07) is 8.55. The summed E-state index contributed by atoms with van der Waals surface area (Å²) < 4.78 is 0. The van der Waals surface area contributed by atoms with Crippen LogP contribution in [0.15, 0.2) is 41.6 Å². The second kappa shape index (κ2) is 3.51. The molecular formula is C15H19N. The van der Waals surface area contributed by atoms with Gasteiger partial charge in [-0.2, -0.15) is 0 Å². The molecule has 0 amide bonds. The maximum absolute atomic E-state index is 6.04. The molecule has 0 saturated heterocycles. The van der Waals surface area contributed by atoms with Crippen molar-refractivity contribution >= 4 is 5.57 Å². The molecule has 0 fully saturated rings. The van der Waals surface area contributed by atoms with Gasteiger partial charge in [0.25, 0.3) is 0 Å². The van der Waals surface area contributed by atoms with Crippen molar-refractivity contribution in [2.24, 2.45) is 5.73 Å². The van der Waals surface area contributed by atoms with Gasteiger partial charge in [0.1, 0.15) is 0 Å². The minimum absolute atomic E-state index is 0.0707. The lowest BCUT2D eigenvalue weighted by molar-refractivity contribution is 0.659. The predicted octanol–water partition coefficient (Wildman–Crippen LogP) is 3.61. The fraction of sp³-hybridized carbons (Fsp3) is 0.333. The van der Waals surface area contributed by atoms with Crippen LogP contribution in [0.3, 0.4) is 0 Å². The van der Waals surface area contributed by atoms with E-state index in [0.29, 0.717) is 0 Å². The van der Waals surface area contributed by atoms with Gasteiger partial charge in [0.2, 0.25) is 0 Å². The van der Waals surface area contributed by atoms with E-state index in [9.17, 15) is 0 Å². The van der Waals surface area contributed by atoms with E-state index < -0.39 is 0 Å². The van der Waals surface area contributed by atoms with Gasteiger partial charge in [-0.15, -0.1) is 0 Å². The number of rotatable bonds is 0. The summed E-state index contributed by atoms with van der Waals surface area (Å²) in [7, 11) is 0. The Bertz CT molecular complexity index is 486. The van der Waals surface area contributed by atoms with Crippen molar-refractivity contribution in [1.29, 1.82) is 0 Å². The normalized spacial score (nSPS) is 23.4. The van der Waals surface area contributed by atoms with Gasteiger partial charge in [-0.1, -0.05) is 44.2 Å². The van der Waals surface area contributed by atoms with Crippen LogP contribution in [0.25, 0.3) is 5.57 Å². The Morgan fingerprint density at radius 1 is 1.25 bits per heavy atom. The number of benzene rings is 1. The summed E-state index contributed by atoms with van der Waals surface area (Å²) >= 11 is 0. The Labute approximate surface area is 97.7 Å². The topological polar surface area (TPSA) is 26.0 Å². The Hall–Kier alpha value is -1.50. The molecule has 0 radical (unpaired) electrons. The average Bonchev–Trinajstić information content (AvgIpc) is 2.47. The summed E-state index contributed by atoms with van der Waals surface area (Å²) in [6.45, 7) is 8.59. The zero-order valence-electron chi connectivity index (χ0n) is 10.5. The highest BCUT2D eigenvalue weighted by atomic mass is 14.6. The van der Waals surface area contributed by atoms with Crippen LogP contribution < -0.4 is 5.73 Å². The van der Waals surface area contributed by atoms with Gasteiger partial charge in [-0.3, -0.25) is 0 Å². The molecule has 84 valence electrons. The third kappa shape index (κ3) is 1.31. The monoisotopic (exact) mass is 213 g/mol. The van der Waals surface area contributed by atoms with E-state index in [2.05, 4.69) is 51.1 Å². The Morgan fingerprint density at radius 3 is 2.44 bits per heavy atom. The van der Waals surface area contributed by atoms with Gasteiger partial charge in [0.15, 0.2) is 0 Å². The molecule has 0 atom stereocenters. The van der Waals surface area contributed by atoms with Gasteiger partial charge in [0.05, 0.1) is 0 Å². The van der Waals surface area contributed by atoms with Crippen LogP contribution in [0.4, 0.5) is 0 Å². The molecule has 0 heterocycles. The maximum atomic E-state index is 6.04. The Morgan fingerprint density at radius 2 is 1.88 bits per heavy atom. The first-order chi connectivity index (χ1) is 7.50. The Kier molecular flexibility index (Phi) is 2.42. The van der Waals surface area contributed by atoms with Gasteiger partial charge in [-0.05, 0) is 30.5 Å². The van der Waals surface area contributed by atoms with Crippen molar-refractivity contribution in [3.63, 3.8) is 0 Å². The summed E-state index contributed by atoms with van der Waals surface area (Å²) in [5.74, 6) is 0. The third-order valence-electron chi connectivity index (χ3n) is 3.50. The standard InChI is InChI=1S/C15H19N/c1-5-12-14(10(2)16)11-8-6-7-9-13(11)15(12,3)4/h5-9H,16H2,1-4H3/b12-5+,14-10+. The first-order valence-electron chi connectivity index (χ1n) is 5.73. The quantitative estimate of drug-likeness (QED) is 0.700. The molecule has 0 aliphatic heterocycles. The first-order valence-corrected chi connectivity index (χ1v) is 5.73. The minimum Gasteiger partial charge on any atom is -0.402 e. The highest BCUT2D eigenvalue weighted by molar-refractivity contribution is 5.90. The van der Waals surface area contributed by atoms with Gasteiger partial charge in [0, 0.05) is 16.7 Å². The fourth-order valence-corrected chi connectivity index (χ4v) is 2.78. The van der Waals surface area contributed by atoms with Gasteiger partial charge >= 0.3 is 0 Å². The van der Waals surface area contributed by atoms with Gasteiger partial charge < -0.3 is 5.73 Å². The van der Waals surface area contributed by atoms with E-state index in [0.717, 1.165) is 5.70 Å². The second-order valence-electron chi connectivity index (χ2n) is 4.93. The lowest BCUT2D eigenvalue weighted by Gasteiger charge is -2.21. The summed E-state index contributed by atoms with van der Waals surface area (Å²) in [4.78, 5) is 0. The molecule has 16 heavy (non-hydrogen) atoms. The molecular weight excluding hydrogens is 194 g/mol. The van der Waals surface area contributed by atoms with Crippen molar-refractivity contribution in [1.82, 2.24) is 0 Å². The number of allylic oxidation sites excluding steroid dienone is 4. The molecule has 1 aliphatic rings. The first kappa shape index (κ1) is 11.0. The van der Waals surface area contributed by atoms with Crippen molar-refractivity contribution < 1.29 is 0 Å². The highest BCUT2D eigenvalue weighted by Crippen LogP contribution is 2.49. The van der Waals surface area contributed by atoms with E-state index in [1.807, 2.05) is 6.92 Å². The molecule has 1 aromatic rings. The largest absolute Gasteiger partial charge is 0.402 e. The van der Waals surface area contributed by atoms with Crippen molar-refractivity contribution in [3.05, 3.63) is 52.7 Å². The number of fused-ring (bicyclic) bond motifs is 1. The third-order valence-corrected chi connectivity index (χ3v) is 3.50. The van der Waals surface area contributed by atoms with Crippen LogP contribution in [0.5, 0.6) is 0 Å². The van der Waals surface area contributed by atoms with Crippen molar-refractivity contribution in [3.8, 4) is 0 Å². The molecule has 1 aliphatic carbocycles. The van der Waals surface area contributed by atoms with Crippen LogP contribution in [-0.4, -0.2) is 0 Å². The summed E-state index contributed by atoms with van der Waals surface area (Å²) in [6.07, 6.45) is 2.19. The van der Waals surface area contributed by atoms with E-state index in [4.69, 9.17) is 5.73 Å². The smallest absolute Gasteiger partial charge is 0.0156 e. The number of hydrogen-bond acceptors (Lipinski definition) is 1. The molecule has 1 heteroatoms. The molecule has 2 N–H and O–H groups in total. The minimum atomic E-state index is 0.0707. The zero-order chi connectivity index (χ0) is 11.9. The lowest BCUT2D eigenvalue weighted by atomic mass is 9.82. The van der Waals surface area contributed by atoms with Crippen LogP contribution in [0.2, 0.25) is 0 Å². The van der Waals surface area contributed by atoms with Crippen molar-refractivity contribution in [2.75, 3.05) is 0 Å². The van der Waals surface area contributed by atoms with Crippen LogP contribution in [0.1, 0.15) is 38.8 Å². The summed E-state index contributed by atoms with van der Waals surface area (Å²) in [5, 5.41) is 0. The van der Waals surface area contributed by atoms with Gasteiger partial charge in [-0.25, -0.2) is 0 Å². The predicted molar refractivity (Wildman–Crippen MR) is 70.0 cm³/mol. The SMILES string of the molecule is C/C=C1\C(=C(/C)N)c2ccccc2C1(C)C. The molecule has 1 nitrogen and oxygen atoms in total. The van der Waals surface area contributed by atoms with E-state index in [-0.39, 0.29) is 5.41 Å². The average molecular weight is 213 g/mol. The van der Waals surface area contributed by atoms with E-state index >= 15 is 0 Å². The maximum Gasteiger partial charge on any atom is 0.0156 e. The van der Waals surface area contributed by atoms with E-state index in [1.165, 1.54) is 22.3 Å². The second-order valence-corrected chi connectivity index (χ2v) is 4.93. The molecule has 0 spiro atoms. The molecule has 0 bridgehead atoms. The zero-order valence-corrected chi connectivity index (χ0v) is 10.5. The van der Waals surface area contributed by atoms with Crippen LogP contribution >= 0.6 is 0 Å². The molecule has 0 saturated carbocycles. The Balaban J connectivity index is 2.82. The molecule has 0 unspecified atom stereocenters. The fourth-order valence-electron chi connectivity index (χ4n) is 2.78. The number of hydrogen-bond donors (Lipinski definition) is 1. The number of nitrogens with two attached hydrogens (primary N) is 1. The highest BCUT2D eigenvalue weighted by Gasteiger charge is 2.37. The van der Waals surface area contributed by atoms with Crippen LogP contribution in [0, 0.1) is 0 Å². The van der Waals surface area contributed by atoms with Crippen LogP contribution in [-0.2, 0) is 5.41 Å². The molecule has 0 aromatic heterocycles. The molecule has 1 aromatic carbocycles. The van der Waals surface area contributed by atoms with E-state index in [1.54, 1.807) is 0 Å². The summed E-state index contributed by atoms with van der Waals surface area (Å²) in [5.41, 5.74) is 12.3. The van der Waals surface area contributed by atoms with Crippen molar-refractivity contribution in [2.45, 2.75) is 33.1 Å². The lowest BCUT2D eigenvalue weighted by Crippen LogP contribution is -2.15. The molecule has 2 rings (SSSR count).